The van der Waals surface area contributed by atoms with Crippen molar-refractivity contribution in [3.63, 3.8) is 0 Å². The lowest BCUT2D eigenvalue weighted by molar-refractivity contribution is -0.00844. The van der Waals surface area contributed by atoms with E-state index in [1.54, 1.807) is 6.20 Å². The average Bonchev–Trinajstić information content (AvgIpc) is 3.40. The van der Waals surface area contributed by atoms with Crippen LogP contribution in [0.1, 0.15) is 62.1 Å². The first-order chi connectivity index (χ1) is 14.2. The molecule has 3 atom stereocenters. The molecular formula is C23H31N3O3. The predicted octanol–water partition coefficient (Wildman–Crippen LogP) is 4.47. The van der Waals surface area contributed by atoms with E-state index < -0.39 is 0 Å². The molecule has 1 unspecified atom stereocenters. The van der Waals surface area contributed by atoms with Crippen LogP contribution in [-0.4, -0.2) is 53.1 Å². The van der Waals surface area contributed by atoms with Crippen molar-refractivity contribution >= 4 is 6.09 Å². The lowest BCUT2D eigenvalue weighted by atomic mass is 9.83. The molecule has 4 rings (SSSR count). The van der Waals surface area contributed by atoms with Gasteiger partial charge < -0.3 is 9.47 Å². The maximum absolute atomic E-state index is 12.4. The normalized spacial score (nSPS) is 29.7. The number of amides is 1. The Balaban J connectivity index is 1.38. The summed E-state index contributed by atoms with van der Waals surface area (Å²) in [6.07, 6.45) is 7.06. The second-order valence-corrected chi connectivity index (χ2v) is 8.37. The van der Waals surface area contributed by atoms with Gasteiger partial charge in [-0.15, -0.1) is 0 Å². The third-order valence-electron chi connectivity index (χ3n) is 6.65. The molecule has 2 fully saturated rings. The molecule has 29 heavy (non-hydrogen) atoms. The van der Waals surface area contributed by atoms with Crippen LogP contribution < -0.4 is 0 Å². The fourth-order valence-electron chi connectivity index (χ4n) is 5.11. The maximum atomic E-state index is 12.4. The molecule has 6 nitrogen and oxygen atoms in total. The van der Waals surface area contributed by atoms with Crippen molar-refractivity contribution < 1.29 is 14.3 Å². The van der Waals surface area contributed by atoms with Gasteiger partial charge in [0.15, 0.2) is 0 Å². The zero-order chi connectivity index (χ0) is 20.2. The van der Waals surface area contributed by atoms with Crippen LogP contribution in [0.15, 0.2) is 42.6 Å². The van der Waals surface area contributed by atoms with Gasteiger partial charge >= 0.3 is 6.09 Å². The number of hydrogen-bond acceptors (Lipinski definition) is 4. The highest BCUT2D eigenvalue weighted by Gasteiger charge is 2.44. The summed E-state index contributed by atoms with van der Waals surface area (Å²) >= 11 is 0. The van der Waals surface area contributed by atoms with E-state index in [1.807, 2.05) is 11.0 Å². The van der Waals surface area contributed by atoms with Crippen molar-refractivity contribution in [2.75, 3.05) is 13.7 Å². The zero-order valence-electron chi connectivity index (χ0n) is 17.3. The number of ether oxygens (including phenoxy) is 2. The second kappa shape index (κ2) is 8.99. The number of nitrogens with one attached hydrogen (secondary N) is 1. The molecule has 1 aromatic heterocycles. The molecule has 0 radical (unpaired) electrons. The molecular weight excluding hydrogens is 366 g/mol. The Bertz CT molecular complexity index is 772. The van der Waals surface area contributed by atoms with Gasteiger partial charge in [0.05, 0.1) is 25.9 Å². The first-order valence-electron chi connectivity index (χ1n) is 10.7. The summed E-state index contributed by atoms with van der Waals surface area (Å²) in [5.41, 5.74) is 2.50. The van der Waals surface area contributed by atoms with Crippen LogP contribution in [0.3, 0.4) is 0 Å². The molecule has 2 heterocycles. The number of H-pyrrole nitrogens is 1. The van der Waals surface area contributed by atoms with Gasteiger partial charge in [0.2, 0.25) is 0 Å². The van der Waals surface area contributed by atoms with E-state index in [0.29, 0.717) is 12.5 Å². The number of aromatic nitrogens is 2. The van der Waals surface area contributed by atoms with E-state index in [1.165, 1.54) is 12.7 Å². The number of benzene rings is 1. The van der Waals surface area contributed by atoms with Crippen molar-refractivity contribution in [3.05, 3.63) is 53.9 Å². The number of hydrogen-bond donors (Lipinski definition) is 1. The van der Waals surface area contributed by atoms with Crippen LogP contribution in [-0.2, 0) is 9.47 Å². The third-order valence-corrected chi connectivity index (χ3v) is 6.65. The molecule has 1 saturated heterocycles. The van der Waals surface area contributed by atoms with E-state index in [9.17, 15) is 4.79 Å². The van der Waals surface area contributed by atoms with Gasteiger partial charge in [-0.2, -0.15) is 5.10 Å². The molecule has 1 aliphatic carbocycles. The number of methoxy groups -OCH3 is 1. The lowest BCUT2D eigenvalue weighted by Crippen LogP contribution is -2.44. The van der Waals surface area contributed by atoms with Gasteiger partial charge in [-0.3, -0.25) is 10.00 Å². The van der Waals surface area contributed by atoms with Crippen LogP contribution >= 0.6 is 0 Å². The smallest absolute Gasteiger partial charge is 0.410 e. The molecule has 156 valence electrons. The van der Waals surface area contributed by atoms with Crippen LogP contribution in [0.4, 0.5) is 4.79 Å². The van der Waals surface area contributed by atoms with Gasteiger partial charge in [-0.05, 0) is 56.6 Å². The Kier molecular flexibility index (Phi) is 6.19. The number of carbonyl (C=O) groups excluding carboxylic acids is 1. The number of likely N-dealkylation sites (tertiary alicyclic amines) is 1. The molecule has 1 amide bonds. The fraction of sp³-hybridized carbons (Fsp3) is 0.565. The van der Waals surface area contributed by atoms with Crippen molar-refractivity contribution in [1.82, 2.24) is 15.1 Å². The van der Waals surface area contributed by atoms with Gasteiger partial charge in [-0.1, -0.05) is 30.3 Å². The quantitative estimate of drug-likeness (QED) is 0.809. The fourth-order valence-corrected chi connectivity index (χ4v) is 5.11. The van der Waals surface area contributed by atoms with Gasteiger partial charge in [-0.25, -0.2) is 4.79 Å². The molecule has 0 bridgehead atoms. The molecule has 2 aromatic rings. The van der Waals surface area contributed by atoms with Crippen LogP contribution in [0, 0.1) is 0 Å². The third kappa shape index (κ3) is 4.32. The highest BCUT2D eigenvalue weighted by atomic mass is 16.5. The monoisotopic (exact) mass is 397 g/mol. The molecule has 1 aliphatic heterocycles. The molecule has 6 heteroatoms. The highest BCUT2D eigenvalue weighted by Crippen LogP contribution is 2.39. The van der Waals surface area contributed by atoms with E-state index >= 15 is 0 Å². The summed E-state index contributed by atoms with van der Waals surface area (Å²) in [7, 11) is 1.45. The van der Waals surface area contributed by atoms with Crippen molar-refractivity contribution in [2.45, 2.75) is 69.1 Å². The van der Waals surface area contributed by atoms with E-state index in [0.717, 1.165) is 37.8 Å². The summed E-state index contributed by atoms with van der Waals surface area (Å²) in [5, 5.41) is 7.19. The molecule has 2 aliphatic rings. The largest absolute Gasteiger partial charge is 0.453 e. The number of nitrogens with zero attached hydrogens (tertiary/aromatic N) is 2. The average molecular weight is 398 g/mol. The van der Waals surface area contributed by atoms with Crippen LogP contribution in [0.5, 0.6) is 0 Å². The Morgan fingerprint density at radius 1 is 1.17 bits per heavy atom. The Hall–Kier alpha value is -2.34. The van der Waals surface area contributed by atoms with E-state index in [2.05, 4.69) is 47.5 Å². The molecule has 1 saturated carbocycles. The number of aromatic amines is 1. The Morgan fingerprint density at radius 3 is 2.59 bits per heavy atom. The second-order valence-electron chi connectivity index (χ2n) is 8.37. The zero-order valence-corrected chi connectivity index (χ0v) is 17.3. The number of carbonyl (C=O) groups is 1. The molecule has 1 N–H and O–H groups in total. The summed E-state index contributed by atoms with van der Waals surface area (Å²) in [5.74, 6) is 0.819. The molecule has 1 aromatic carbocycles. The van der Waals surface area contributed by atoms with Crippen molar-refractivity contribution in [1.29, 1.82) is 0 Å². The first-order valence-corrected chi connectivity index (χ1v) is 10.7. The maximum Gasteiger partial charge on any atom is 0.410 e. The Labute approximate surface area is 172 Å². The SMILES string of the molecule is COC(=O)N1[C@H](C)CC(c2ccn[nH]2)[C@@H]1CO[C@H]1CC[C@@H](c2ccccc2)CC1. The summed E-state index contributed by atoms with van der Waals surface area (Å²) in [4.78, 5) is 14.3. The van der Waals surface area contributed by atoms with Crippen molar-refractivity contribution in [2.24, 2.45) is 0 Å². The van der Waals surface area contributed by atoms with Gasteiger partial charge in [0.1, 0.15) is 0 Å². The van der Waals surface area contributed by atoms with Gasteiger partial charge in [0, 0.05) is 23.9 Å². The number of rotatable bonds is 5. The van der Waals surface area contributed by atoms with E-state index in [4.69, 9.17) is 9.47 Å². The minimum atomic E-state index is -0.277. The highest BCUT2D eigenvalue weighted by molar-refractivity contribution is 5.69. The Morgan fingerprint density at radius 2 is 1.93 bits per heavy atom. The minimum Gasteiger partial charge on any atom is -0.453 e. The van der Waals surface area contributed by atoms with E-state index in [-0.39, 0.29) is 30.2 Å². The topological polar surface area (TPSA) is 67.5 Å². The van der Waals surface area contributed by atoms with Crippen molar-refractivity contribution in [3.8, 4) is 0 Å². The van der Waals surface area contributed by atoms with Crippen LogP contribution in [0.2, 0.25) is 0 Å². The summed E-state index contributed by atoms with van der Waals surface area (Å²) < 4.78 is 11.4. The first kappa shape index (κ1) is 20.0. The van der Waals surface area contributed by atoms with Crippen LogP contribution in [0.25, 0.3) is 0 Å². The molecule has 0 spiro atoms. The lowest BCUT2D eigenvalue weighted by Gasteiger charge is -2.33. The summed E-state index contributed by atoms with van der Waals surface area (Å²) in [6.45, 7) is 2.61. The standard InChI is InChI=1S/C23H31N3O3/c1-16-14-20(21-12-13-24-25-21)22(26(16)23(27)28-2)15-29-19-10-8-18(9-11-19)17-6-4-3-5-7-17/h3-7,12-13,16,18-20,22H,8-11,14-15H2,1-2H3,(H,24,25)/t16-,18-,19+,20?,22+/m1/s1. The van der Waals surface area contributed by atoms with Gasteiger partial charge in [0.25, 0.3) is 0 Å². The summed E-state index contributed by atoms with van der Waals surface area (Å²) in [6, 6.07) is 12.8. The predicted molar refractivity (Wildman–Crippen MR) is 111 cm³/mol. The minimum absolute atomic E-state index is 0.0373.